The van der Waals surface area contributed by atoms with Gasteiger partial charge in [0, 0.05) is 0 Å². The van der Waals surface area contributed by atoms with Crippen molar-refractivity contribution in [3.05, 3.63) is 0 Å². The first-order chi connectivity index (χ1) is 4.00. The van der Waals surface area contributed by atoms with E-state index in [0.717, 1.165) is 0 Å². The average Bonchev–Trinajstić information content (AvgIpc) is 1.12. The first-order valence-electron chi connectivity index (χ1n) is 1.55. The molecule has 0 saturated heterocycles. The van der Waals surface area contributed by atoms with Gasteiger partial charge in [-0.2, -0.15) is 0 Å². The molecule has 0 aromatic rings. The maximum atomic E-state index is 8.88. The Morgan fingerprint density at radius 2 is 0.923 bits per heavy atom. The number of hydrogen-bond acceptors (Lipinski definition) is 3. The molecule has 0 aliphatic heterocycles. The third-order valence-electron chi connectivity index (χ3n) is 0. The number of halogens is 1. The van der Waals surface area contributed by atoms with Crippen LogP contribution in [0.15, 0.2) is 0 Å². The van der Waals surface area contributed by atoms with Crippen molar-refractivity contribution in [2.45, 2.75) is 0 Å². The second kappa shape index (κ2) is 13.2. The second-order valence-corrected chi connectivity index (χ2v) is 3.01. The summed E-state index contributed by atoms with van der Waals surface area (Å²) in [6, 6.07) is 0. The van der Waals surface area contributed by atoms with Gasteiger partial charge in [-0.3, -0.25) is 4.57 Å². The third-order valence-corrected chi connectivity index (χ3v) is 0. The van der Waals surface area contributed by atoms with E-state index in [9.17, 15) is 0 Å². The molecule has 0 amide bonds. The molecule has 8 nitrogen and oxygen atoms in total. The monoisotopic (exact) mass is 292 g/mol. The minimum atomic E-state index is -4.89. The molecule has 0 aromatic carbocycles. The van der Waals surface area contributed by atoms with Crippen LogP contribution in [0.25, 0.3) is 0 Å². The Bertz CT molecular complexity index is 134. The Hall–Kier alpha value is 3.15. The molecule has 0 heterocycles. The van der Waals surface area contributed by atoms with Crippen LogP contribution in [0, 0.1) is 0 Å². The standard InChI is InChI=1S/ClH.K.Na.2H3O4P/c;;;2*1-5(2,3)4/h1H;;;2*(H3,1,2,3,4)/q;2*+1;;/p-2. The third kappa shape index (κ3) is 264. The van der Waals surface area contributed by atoms with Gasteiger partial charge in [-0.15, -0.1) is 0 Å². The maximum Gasteiger partial charge on any atom is 1.00 e. The molecular weight excluding hydrogens is 287 g/mol. The fourth-order valence-corrected chi connectivity index (χ4v) is 0. The predicted molar refractivity (Wildman–Crippen MR) is 26.3 cm³/mol. The minimum Gasteiger partial charge on any atom is -1.00 e. The Morgan fingerprint density at radius 3 is 0.923 bits per heavy atom. The van der Waals surface area contributed by atoms with E-state index < -0.39 is 15.6 Å². The van der Waals surface area contributed by atoms with E-state index >= 15 is 0 Å². The van der Waals surface area contributed by atoms with Crippen molar-refractivity contribution in [3.8, 4) is 0 Å². The van der Waals surface area contributed by atoms with E-state index in [4.69, 9.17) is 38.5 Å². The summed E-state index contributed by atoms with van der Waals surface area (Å²) in [5.74, 6) is 0. The molecule has 13 heteroatoms. The van der Waals surface area contributed by atoms with Crippen LogP contribution in [0.4, 0.5) is 0 Å². The smallest absolute Gasteiger partial charge is 1.00 e. The van der Waals surface area contributed by atoms with Gasteiger partial charge in [0.05, 0.1) is 0 Å². The molecule has 72 valence electrons. The van der Waals surface area contributed by atoms with E-state index in [-0.39, 0.29) is 93.3 Å². The molecule has 5 N–H and O–H groups in total. The van der Waals surface area contributed by atoms with Gasteiger partial charge in [0.2, 0.25) is 0 Å². The average molecular weight is 293 g/mol. The molecule has 0 spiro atoms. The summed E-state index contributed by atoms with van der Waals surface area (Å²) in [5.41, 5.74) is 0. The SMILES string of the molecule is O=P(O)(O)O.O=P([O-])(O)O.[Cl-].[K+].[Na+]. The summed E-state index contributed by atoms with van der Waals surface area (Å²) in [7, 11) is -9.53. The zero-order chi connectivity index (χ0) is 9.00. The van der Waals surface area contributed by atoms with Gasteiger partial charge in [-0.1, -0.05) is 0 Å². The maximum absolute atomic E-state index is 8.88. The zero-order valence-corrected chi connectivity index (χ0v) is 14.4. The Morgan fingerprint density at radius 1 is 0.923 bits per heavy atom. The van der Waals surface area contributed by atoms with Gasteiger partial charge < -0.3 is 41.8 Å². The van der Waals surface area contributed by atoms with Gasteiger partial charge in [0.25, 0.3) is 7.82 Å². The van der Waals surface area contributed by atoms with Gasteiger partial charge in [0.1, 0.15) is 0 Å². The van der Waals surface area contributed by atoms with Crippen LogP contribution in [-0.4, -0.2) is 24.5 Å². The first-order valence-corrected chi connectivity index (χ1v) is 4.64. The minimum absolute atomic E-state index is 0. The van der Waals surface area contributed by atoms with Gasteiger partial charge >= 0.3 is 88.8 Å². The molecule has 0 fully saturated rings. The Balaban J connectivity index is -0.0000000267. The molecule has 0 bridgehead atoms. The normalized spacial score (nSPS) is 9.08. The van der Waals surface area contributed by atoms with Crippen LogP contribution in [0.5, 0.6) is 0 Å². The fraction of sp³-hybridized carbons (Fsp3) is 0. The summed E-state index contributed by atoms with van der Waals surface area (Å²) < 4.78 is 17.7. The number of rotatable bonds is 0. The van der Waals surface area contributed by atoms with Gasteiger partial charge in [-0.25, -0.2) is 4.57 Å². The van der Waals surface area contributed by atoms with Crippen LogP contribution in [0.3, 0.4) is 0 Å². The zero-order valence-electron chi connectivity index (χ0n) is 6.73. The molecule has 0 saturated carbocycles. The van der Waals surface area contributed by atoms with Crippen LogP contribution >= 0.6 is 15.6 Å². The van der Waals surface area contributed by atoms with E-state index in [0.29, 0.717) is 0 Å². The van der Waals surface area contributed by atoms with Gasteiger partial charge in [0.15, 0.2) is 0 Å². The van der Waals surface area contributed by atoms with E-state index in [1.165, 1.54) is 0 Å². The fourth-order valence-electron chi connectivity index (χ4n) is 0. The molecule has 0 unspecified atom stereocenters. The van der Waals surface area contributed by atoms with Crippen molar-refractivity contribution in [2.24, 2.45) is 0 Å². The largest absolute Gasteiger partial charge is 1.00 e. The molecule has 0 rings (SSSR count). The molecule has 0 atom stereocenters. The van der Waals surface area contributed by atoms with Crippen LogP contribution in [0.2, 0.25) is 0 Å². The summed E-state index contributed by atoms with van der Waals surface area (Å²) in [6.07, 6.45) is 0. The molecular formula is H5ClKNaO8P2. The van der Waals surface area contributed by atoms with Crippen molar-refractivity contribution in [1.82, 2.24) is 0 Å². The van der Waals surface area contributed by atoms with Crippen molar-refractivity contribution < 1.29 is 132 Å². The molecule has 0 aliphatic carbocycles. The van der Waals surface area contributed by atoms with Crippen molar-refractivity contribution >= 4 is 15.6 Å². The molecule has 0 aliphatic rings. The summed E-state index contributed by atoms with van der Waals surface area (Å²) in [4.78, 5) is 44.5. The molecule has 13 heavy (non-hydrogen) atoms. The molecule has 0 aromatic heterocycles. The predicted octanol–water partition coefficient (Wildman–Crippen LogP) is -11.5. The van der Waals surface area contributed by atoms with Crippen LogP contribution < -0.4 is 98.2 Å². The Kier molecular flexibility index (Phi) is 30.3. The van der Waals surface area contributed by atoms with Crippen molar-refractivity contribution in [3.63, 3.8) is 0 Å². The van der Waals surface area contributed by atoms with E-state index in [1.54, 1.807) is 0 Å². The van der Waals surface area contributed by atoms with Crippen LogP contribution in [-0.2, 0) is 9.13 Å². The van der Waals surface area contributed by atoms with Crippen LogP contribution in [0.1, 0.15) is 0 Å². The van der Waals surface area contributed by atoms with E-state index in [2.05, 4.69) is 0 Å². The number of phosphoric acid groups is 2. The summed E-state index contributed by atoms with van der Waals surface area (Å²) in [6.45, 7) is 0. The van der Waals surface area contributed by atoms with E-state index in [1.807, 2.05) is 0 Å². The van der Waals surface area contributed by atoms with Gasteiger partial charge in [-0.05, 0) is 0 Å². The summed E-state index contributed by atoms with van der Waals surface area (Å²) >= 11 is 0. The van der Waals surface area contributed by atoms with Crippen molar-refractivity contribution in [1.29, 1.82) is 0 Å². The summed E-state index contributed by atoms with van der Waals surface area (Å²) in [5, 5.41) is 0. The van der Waals surface area contributed by atoms with Crippen molar-refractivity contribution in [2.75, 3.05) is 0 Å². The molecule has 0 radical (unpaired) electrons. The second-order valence-electron chi connectivity index (χ2n) is 1.00. The number of hydrogen-bond donors (Lipinski definition) is 5. The topological polar surface area (TPSA) is 158 Å². The first kappa shape index (κ1) is 29.8. The Labute approximate surface area is 145 Å². The quantitative estimate of drug-likeness (QED) is 0.217.